The molecule has 3 aromatic rings. The van der Waals surface area contributed by atoms with Gasteiger partial charge in [0.15, 0.2) is 22.9 Å². The van der Waals surface area contributed by atoms with Crippen LogP contribution in [-0.4, -0.2) is 32.2 Å². The second kappa shape index (κ2) is 10.3. The number of para-hydroxylation sites is 1. The molecule has 1 aromatic heterocycles. The number of hydrogen-bond donors (Lipinski definition) is 1. The summed E-state index contributed by atoms with van der Waals surface area (Å²) in [5.74, 6) is 1.47. The quantitative estimate of drug-likeness (QED) is 0.386. The van der Waals surface area contributed by atoms with Crippen molar-refractivity contribution in [2.24, 2.45) is 0 Å². The number of carbonyl (C=O) groups excluding carboxylic acids is 2. The first kappa shape index (κ1) is 22.6. The predicted molar refractivity (Wildman–Crippen MR) is 122 cm³/mol. The zero-order valence-electron chi connectivity index (χ0n) is 18.1. The Kier molecular flexibility index (Phi) is 7.46. The molecule has 8 heteroatoms. The highest BCUT2D eigenvalue weighted by Gasteiger charge is 2.20. The third-order valence-electron chi connectivity index (χ3n) is 4.71. The van der Waals surface area contributed by atoms with Crippen LogP contribution in [0.2, 0.25) is 0 Å². The molecule has 3 rings (SSSR count). The molecule has 0 aliphatic carbocycles. The lowest BCUT2D eigenvalue weighted by atomic mass is 10.1. The molecule has 0 saturated heterocycles. The second-order valence-electron chi connectivity index (χ2n) is 7.08. The highest BCUT2D eigenvalue weighted by Crippen LogP contribution is 2.26. The minimum Gasteiger partial charge on any atom is -0.482 e. The number of ether oxygens (including phenoxy) is 1. The first-order valence-electron chi connectivity index (χ1n) is 10.1. The summed E-state index contributed by atoms with van der Waals surface area (Å²) in [6.07, 6.45) is -0.286. The average molecular weight is 439 g/mol. The maximum absolute atomic E-state index is 12.4. The van der Waals surface area contributed by atoms with E-state index in [2.05, 4.69) is 15.5 Å². The number of Topliss-reactive ketones (excluding diaryl/α,β-unsaturated/α-hetero) is 1. The SMILES string of the molecule is CCn1c(SCC(=O)Nc2cccc(C(C)=O)c2)nnc1C(C)Oc1ccccc1C. The van der Waals surface area contributed by atoms with Crippen LogP contribution in [-0.2, 0) is 11.3 Å². The summed E-state index contributed by atoms with van der Waals surface area (Å²) in [5, 5.41) is 12.0. The Hall–Kier alpha value is -3.13. The molecule has 0 saturated carbocycles. The number of anilines is 1. The summed E-state index contributed by atoms with van der Waals surface area (Å²) in [6.45, 7) is 8.10. The number of rotatable bonds is 9. The van der Waals surface area contributed by atoms with E-state index in [-0.39, 0.29) is 23.5 Å². The van der Waals surface area contributed by atoms with Gasteiger partial charge in [0.1, 0.15) is 5.75 Å². The first-order chi connectivity index (χ1) is 14.9. The number of ketones is 1. The number of aryl methyl sites for hydroxylation is 1. The summed E-state index contributed by atoms with van der Waals surface area (Å²) < 4.78 is 8.04. The summed E-state index contributed by atoms with van der Waals surface area (Å²) in [7, 11) is 0. The Labute approximate surface area is 186 Å². The van der Waals surface area contributed by atoms with E-state index in [0.717, 1.165) is 11.3 Å². The third kappa shape index (κ3) is 5.73. The fourth-order valence-electron chi connectivity index (χ4n) is 3.08. The van der Waals surface area contributed by atoms with Gasteiger partial charge in [-0.25, -0.2) is 0 Å². The molecule has 0 fully saturated rings. The van der Waals surface area contributed by atoms with Crippen molar-refractivity contribution >= 4 is 29.1 Å². The van der Waals surface area contributed by atoms with E-state index in [1.54, 1.807) is 24.3 Å². The van der Waals surface area contributed by atoms with Crippen LogP contribution in [0.4, 0.5) is 5.69 Å². The Morgan fingerprint density at radius 1 is 1.16 bits per heavy atom. The van der Waals surface area contributed by atoms with Crippen molar-refractivity contribution in [3.8, 4) is 5.75 Å². The molecular weight excluding hydrogens is 412 g/mol. The third-order valence-corrected chi connectivity index (χ3v) is 5.67. The number of benzene rings is 2. The van der Waals surface area contributed by atoms with Gasteiger partial charge in [0.25, 0.3) is 0 Å². The highest BCUT2D eigenvalue weighted by molar-refractivity contribution is 7.99. The lowest BCUT2D eigenvalue weighted by Gasteiger charge is -2.17. The van der Waals surface area contributed by atoms with Crippen molar-refractivity contribution in [2.75, 3.05) is 11.1 Å². The largest absolute Gasteiger partial charge is 0.482 e. The Bertz CT molecular complexity index is 1080. The van der Waals surface area contributed by atoms with Gasteiger partial charge < -0.3 is 14.6 Å². The first-order valence-corrected chi connectivity index (χ1v) is 11.1. The molecule has 1 amide bonds. The monoisotopic (exact) mass is 438 g/mol. The van der Waals surface area contributed by atoms with Crippen LogP contribution < -0.4 is 10.1 Å². The van der Waals surface area contributed by atoms with E-state index in [0.29, 0.717) is 28.8 Å². The van der Waals surface area contributed by atoms with Crippen LogP contribution >= 0.6 is 11.8 Å². The maximum atomic E-state index is 12.4. The molecule has 1 heterocycles. The van der Waals surface area contributed by atoms with Crippen LogP contribution in [0, 0.1) is 6.92 Å². The van der Waals surface area contributed by atoms with Gasteiger partial charge in [0, 0.05) is 17.8 Å². The minimum absolute atomic E-state index is 0.0453. The summed E-state index contributed by atoms with van der Waals surface area (Å²) in [5.41, 5.74) is 2.21. The summed E-state index contributed by atoms with van der Waals surface area (Å²) in [4.78, 5) is 23.9. The number of carbonyl (C=O) groups is 2. The van der Waals surface area contributed by atoms with Crippen LogP contribution in [0.15, 0.2) is 53.7 Å². The van der Waals surface area contributed by atoms with E-state index < -0.39 is 0 Å². The molecule has 0 radical (unpaired) electrons. The second-order valence-corrected chi connectivity index (χ2v) is 8.03. The summed E-state index contributed by atoms with van der Waals surface area (Å²) in [6, 6.07) is 14.7. The molecule has 162 valence electrons. The normalized spacial score (nSPS) is 11.7. The molecule has 1 unspecified atom stereocenters. The molecule has 31 heavy (non-hydrogen) atoms. The molecule has 0 aliphatic heterocycles. The van der Waals surface area contributed by atoms with Gasteiger partial charge in [-0.1, -0.05) is 42.1 Å². The zero-order chi connectivity index (χ0) is 22.4. The fraction of sp³-hybridized carbons (Fsp3) is 0.304. The number of thioether (sulfide) groups is 1. The maximum Gasteiger partial charge on any atom is 0.234 e. The average Bonchev–Trinajstić information content (AvgIpc) is 3.17. The number of nitrogens with zero attached hydrogens (tertiary/aromatic N) is 3. The van der Waals surface area contributed by atoms with Crippen molar-refractivity contribution in [1.82, 2.24) is 14.8 Å². The molecule has 7 nitrogen and oxygen atoms in total. The number of nitrogens with one attached hydrogen (secondary N) is 1. The molecule has 0 spiro atoms. The minimum atomic E-state index is -0.286. The van der Waals surface area contributed by atoms with Crippen molar-refractivity contribution in [1.29, 1.82) is 0 Å². The van der Waals surface area contributed by atoms with E-state index in [4.69, 9.17) is 4.74 Å². The van der Waals surface area contributed by atoms with Crippen LogP contribution in [0.1, 0.15) is 48.6 Å². The van der Waals surface area contributed by atoms with Crippen molar-refractivity contribution in [2.45, 2.75) is 45.5 Å². The molecular formula is C23H26N4O3S. The van der Waals surface area contributed by atoms with Gasteiger partial charge in [-0.3, -0.25) is 9.59 Å². The Morgan fingerprint density at radius 2 is 1.94 bits per heavy atom. The summed E-state index contributed by atoms with van der Waals surface area (Å²) >= 11 is 1.31. The molecule has 1 atom stereocenters. The molecule has 0 bridgehead atoms. The smallest absolute Gasteiger partial charge is 0.234 e. The number of aromatic nitrogens is 3. The standard InChI is InChI=1S/C23H26N4O3S/c1-5-27-22(17(4)30-20-12-7-6-9-15(20)2)25-26-23(27)31-14-21(29)24-19-11-8-10-18(13-19)16(3)28/h6-13,17H,5,14H2,1-4H3,(H,24,29). The van der Waals surface area contributed by atoms with Crippen LogP contribution in [0.25, 0.3) is 0 Å². The van der Waals surface area contributed by atoms with Gasteiger partial charge in [-0.2, -0.15) is 0 Å². The van der Waals surface area contributed by atoms with E-state index >= 15 is 0 Å². The van der Waals surface area contributed by atoms with Crippen molar-refractivity contribution in [3.05, 3.63) is 65.5 Å². The van der Waals surface area contributed by atoms with Gasteiger partial charge in [0.2, 0.25) is 5.91 Å². The fourth-order valence-corrected chi connectivity index (χ4v) is 3.89. The Balaban J connectivity index is 1.64. The van der Waals surface area contributed by atoms with Crippen LogP contribution in [0.5, 0.6) is 5.75 Å². The number of hydrogen-bond acceptors (Lipinski definition) is 6. The zero-order valence-corrected chi connectivity index (χ0v) is 18.9. The van der Waals surface area contributed by atoms with Crippen molar-refractivity contribution < 1.29 is 14.3 Å². The predicted octanol–water partition coefficient (Wildman–Crippen LogP) is 4.68. The van der Waals surface area contributed by atoms with Crippen LogP contribution in [0.3, 0.4) is 0 Å². The van der Waals surface area contributed by atoms with Gasteiger partial charge in [-0.15, -0.1) is 10.2 Å². The van der Waals surface area contributed by atoms with Gasteiger partial charge in [-0.05, 0) is 51.5 Å². The van der Waals surface area contributed by atoms with Gasteiger partial charge >= 0.3 is 0 Å². The highest BCUT2D eigenvalue weighted by atomic mass is 32.2. The van der Waals surface area contributed by atoms with E-state index in [1.165, 1.54) is 18.7 Å². The molecule has 0 aliphatic rings. The lowest BCUT2D eigenvalue weighted by Crippen LogP contribution is -2.15. The Morgan fingerprint density at radius 3 is 2.65 bits per heavy atom. The number of amides is 1. The molecule has 2 aromatic carbocycles. The van der Waals surface area contributed by atoms with E-state index in [1.807, 2.05) is 49.6 Å². The lowest BCUT2D eigenvalue weighted by molar-refractivity contribution is -0.113. The van der Waals surface area contributed by atoms with Gasteiger partial charge in [0.05, 0.1) is 5.75 Å². The topological polar surface area (TPSA) is 86.1 Å². The van der Waals surface area contributed by atoms with E-state index in [9.17, 15) is 9.59 Å². The molecule has 1 N–H and O–H groups in total. The van der Waals surface area contributed by atoms with Crippen molar-refractivity contribution in [3.63, 3.8) is 0 Å².